The molecule has 2 nitrogen and oxygen atoms in total. The predicted molar refractivity (Wildman–Crippen MR) is 49.7 cm³/mol. The van der Waals surface area contributed by atoms with Crippen molar-refractivity contribution >= 4 is 0 Å². The van der Waals surface area contributed by atoms with E-state index in [1.807, 2.05) is 0 Å². The Kier molecular flexibility index (Phi) is 3.55. The summed E-state index contributed by atoms with van der Waals surface area (Å²) in [6.45, 7) is 1.44. The predicted octanol–water partition coefficient (Wildman–Crippen LogP) is 1.66. The van der Waals surface area contributed by atoms with Crippen LogP contribution < -0.4 is 5.73 Å². The second kappa shape index (κ2) is 4.48. The first-order chi connectivity index (χ1) is 6.56. The van der Waals surface area contributed by atoms with Gasteiger partial charge in [-0.3, -0.25) is 0 Å². The zero-order valence-corrected chi connectivity index (χ0v) is 7.93. The molecule has 4 heteroatoms. The third-order valence-electron chi connectivity index (χ3n) is 2.19. The van der Waals surface area contributed by atoms with E-state index < -0.39 is 17.7 Å². The van der Waals surface area contributed by atoms with Crippen LogP contribution in [0, 0.1) is 18.6 Å². The molecule has 0 radical (unpaired) electrons. The fraction of sp³-hybridized carbons (Fsp3) is 0.400. The fourth-order valence-electron chi connectivity index (χ4n) is 1.35. The lowest BCUT2D eigenvalue weighted by molar-refractivity contribution is 0.276. The number of aliphatic hydroxyl groups excluding tert-OH is 1. The van der Waals surface area contributed by atoms with E-state index in [-0.39, 0.29) is 6.61 Å². The molecule has 0 aliphatic rings. The summed E-state index contributed by atoms with van der Waals surface area (Å²) in [6.07, 6.45) is 0.295. The first kappa shape index (κ1) is 11.1. The van der Waals surface area contributed by atoms with E-state index in [0.717, 1.165) is 6.07 Å². The molecule has 1 rings (SSSR count). The van der Waals surface area contributed by atoms with Crippen molar-refractivity contribution in [3.05, 3.63) is 34.9 Å². The van der Waals surface area contributed by atoms with Crippen LogP contribution in [0.25, 0.3) is 0 Å². The summed E-state index contributed by atoms with van der Waals surface area (Å²) in [5.74, 6) is -1.25. The summed E-state index contributed by atoms with van der Waals surface area (Å²) in [6, 6.07) is 1.51. The zero-order valence-electron chi connectivity index (χ0n) is 7.93. The molecule has 0 heterocycles. The lowest BCUT2D eigenvalue weighted by Gasteiger charge is -2.14. The Morgan fingerprint density at radius 1 is 1.43 bits per heavy atom. The maximum Gasteiger partial charge on any atom is 0.129 e. The van der Waals surface area contributed by atoms with Crippen LogP contribution in [-0.4, -0.2) is 11.7 Å². The number of hydrogen-bond acceptors (Lipinski definition) is 2. The normalized spacial score (nSPS) is 12.9. The first-order valence-corrected chi connectivity index (χ1v) is 4.38. The number of hydrogen-bond donors (Lipinski definition) is 2. The highest BCUT2D eigenvalue weighted by molar-refractivity contribution is 5.30. The van der Waals surface area contributed by atoms with Gasteiger partial charge in [0.1, 0.15) is 11.6 Å². The van der Waals surface area contributed by atoms with Gasteiger partial charge in [0.05, 0.1) is 0 Å². The summed E-state index contributed by atoms with van der Waals surface area (Å²) in [5, 5.41) is 8.66. The van der Waals surface area contributed by atoms with Crippen LogP contribution >= 0.6 is 0 Å². The molecule has 3 N–H and O–H groups in total. The number of aliphatic hydroxyl groups is 1. The highest BCUT2D eigenvalue weighted by Crippen LogP contribution is 2.21. The van der Waals surface area contributed by atoms with Crippen LogP contribution in [0.5, 0.6) is 0 Å². The Morgan fingerprint density at radius 2 is 2.07 bits per heavy atom. The van der Waals surface area contributed by atoms with Gasteiger partial charge in [-0.1, -0.05) is 0 Å². The van der Waals surface area contributed by atoms with Gasteiger partial charge in [0.15, 0.2) is 0 Å². The summed E-state index contributed by atoms with van der Waals surface area (Å²) >= 11 is 0. The third kappa shape index (κ3) is 2.27. The van der Waals surface area contributed by atoms with Crippen molar-refractivity contribution in [1.29, 1.82) is 0 Å². The number of halogens is 2. The molecule has 0 aliphatic carbocycles. The Morgan fingerprint density at radius 3 is 2.64 bits per heavy atom. The lowest BCUT2D eigenvalue weighted by atomic mass is 9.99. The molecule has 14 heavy (non-hydrogen) atoms. The van der Waals surface area contributed by atoms with E-state index in [1.165, 1.54) is 6.07 Å². The number of benzene rings is 1. The average Bonchev–Trinajstić information content (AvgIpc) is 2.11. The molecule has 1 aromatic rings. The zero-order chi connectivity index (χ0) is 10.7. The molecule has 0 spiro atoms. The molecule has 0 saturated carbocycles. The monoisotopic (exact) mass is 201 g/mol. The van der Waals surface area contributed by atoms with Gasteiger partial charge in [-0.05, 0) is 30.5 Å². The van der Waals surface area contributed by atoms with E-state index in [0.29, 0.717) is 17.5 Å². The topological polar surface area (TPSA) is 46.2 Å². The molecular weight excluding hydrogens is 188 g/mol. The van der Waals surface area contributed by atoms with Crippen LogP contribution in [0.4, 0.5) is 8.78 Å². The van der Waals surface area contributed by atoms with E-state index in [2.05, 4.69) is 0 Å². The summed E-state index contributed by atoms with van der Waals surface area (Å²) in [4.78, 5) is 0. The van der Waals surface area contributed by atoms with E-state index >= 15 is 0 Å². The Bertz CT molecular complexity index is 328. The number of rotatable bonds is 3. The minimum absolute atomic E-state index is 0.0985. The molecule has 0 bridgehead atoms. The quantitative estimate of drug-likeness (QED) is 0.781. The first-order valence-electron chi connectivity index (χ1n) is 4.38. The Labute approximate surface area is 81.4 Å². The largest absolute Gasteiger partial charge is 0.396 e. The van der Waals surface area contributed by atoms with Gasteiger partial charge >= 0.3 is 0 Å². The van der Waals surface area contributed by atoms with E-state index in [9.17, 15) is 8.78 Å². The van der Waals surface area contributed by atoms with Crippen molar-refractivity contribution in [2.75, 3.05) is 6.61 Å². The van der Waals surface area contributed by atoms with Crippen LogP contribution in [0.3, 0.4) is 0 Å². The Balaban J connectivity index is 3.07. The summed E-state index contributed by atoms with van der Waals surface area (Å²) in [5.41, 5.74) is 6.40. The second-order valence-corrected chi connectivity index (χ2v) is 3.22. The van der Waals surface area contributed by atoms with Gasteiger partial charge in [0.2, 0.25) is 0 Å². The van der Waals surface area contributed by atoms with E-state index in [4.69, 9.17) is 10.8 Å². The average molecular weight is 201 g/mol. The second-order valence-electron chi connectivity index (χ2n) is 3.22. The summed E-state index contributed by atoms with van der Waals surface area (Å²) in [7, 11) is 0. The smallest absolute Gasteiger partial charge is 0.129 e. The lowest BCUT2D eigenvalue weighted by Crippen LogP contribution is -2.14. The van der Waals surface area contributed by atoms with Crippen molar-refractivity contribution in [3.63, 3.8) is 0 Å². The summed E-state index contributed by atoms with van der Waals surface area (Å²) < 4.78 is 25.9. The molecule has 0 amide bonds. The van der Waals surface area contributed by atoms with Crippen LogP contribution in [0.2, 0.25) is 0 Å². The SMILES string of the molecule is Cc1c(F)cc(F)cc1C(N)CCO. The molecular formula is C10H13F2NO. The minimum atomic E-state index is -0.642. The standard InChI is InChI=1S/C10H13F2NO/c1-6-8(10(13)2-3-14)4-7(11)5-9(6)12/h4-5,10,14H,2-3,13H2,1H3. The molecule has 1 aromatic carbocycles. The molecule has 0 saturated heterocycles. The van der Waals surface area contributed by atoms with Crippen molar-refractivity contribution in [2.45, 2.75) is 19.4 Å². The maximum atomic E-state index is 13.1. The van der Waals surface area contributed by atoms with Gasteiger partial charge in [-0.15, -0.1) is 0 Å². The van der Waals surface area contributed by atoms with Crippen molar-refractivity contribution < 1.29 is 13.9 Å². The molecule has 0 fully saturated rings. The molecule has 78 valence electrons. The van der Waals surface area contributed by atoms with Gasteiger partial charge in [0.25, 0.3) is 0 Å². The molecule has 0 aromatic heterocycles. The highest BCUT2D eigenvalue weighted by atomic mass is 19.1. The van der Waals surface area contributed by atoms with Crippen LogP contribution in [0.15, 0.2) is 12.1 Å². The van der Waals surface area contributed by atoms with Gasteiger partial charge in [0, 0.05) is 18.7 Å². The third-order valence-corrected chi connectivity index (χ3v) is 2.19. The van der Waals surface area contributed by atoms with Gasteiger partial charge in [-0.2, -0.15) is 0 Å². The van der Waals surface area contributed by atoms with Gasteiger partial charge < -0.3 is 10.8 Å². The fourth-order valence-corrected chi connectivity index (χ4v) is 1.35. The van der Waals surface area contributed by atoms with Crippen LogP contribution in [0.1, 0.15) is 23.6 Å². The molecule has 1 unspecified atom stereocenters. The highest BCUT2D eigenvalue weighted by Gasteiger charge is 2.13. The maximum absolute atomic E-state index is 13.1. The van der Waals surface area contributed by atoms with Crippen LogP contribution in [-0.2, 0) is 0 Å². The van der Waals surface area contributed by atoms with E-state index in [1.54, 1.807) is 6.92 Å². The van der Waals surface area contributed by atoms with Gasteiger partial charge in [-0.25, -0.2) is 8.78 Å². The Hall–Kier alpha value is -1.00. The van der Waals surface area contributed by atoms with Crippen molar-refractivity contribution in [1.82, 2.24) is 0 Å². The van der Waals surface area contributed by atoms with Crippen molar-refractivity contribution in [2.24, 2.45) is 5.73 Å². The molecule has 1 atom stereocenters. The van der Waals surface area contributed by atoms with Crippen molar-refractivity contribution in [3.8, 4) is 0 Å². The molecule has 0 aliphatic heterocycles. The number of nitrogens with two attached hydrogens (primary N) is 1. The minimum Gasteiger partial charge on any atom is -0.396 e.